The fourth-order valence-corrected chi connectivity index (χ4v) is 2.57. The number of carbonyl (C=O) groups excluding carboxylic acids is 1. The van der Waals surface area contributed by atoms with Crippen LogP contribution in [-0.4, -0.2) is 5.91 Å². The predicted octanol–water partition coefficient (Wildman–Crippen LogP) is 5.42. The van der Waals surface area contributed by atoms with Crippen molar-refractivity contribution in [1.82, 2.24) is 0 Å². The van der Waals surface area contributed by atoms with E-state index in [4.69, 9.17) is 4.74 Å². The van der Waals surface area contributed by atoms with E-state index >= 15 is 0 Å². The summed E-state index contributed by atoms with van der Waals surface area (Å²) < 4.78 is 32.5. The van der Waals surface area contributed by atoms with Gasteiger partial charge in [-0.1, -0.05) is 38.1 Å². The molecule has 0 saturated carbocycles. The molecule has 3 nitrogen and oxygen atoms in total. The fraction of sp³-hybridized carbons (Fsp3) is 0.350. The zero-order valence-electron chi connectivity index (χ0n) is 14.7. The highest BCUT2D eigenvalue weighted by atomic mass is 19.3. The predicted molar refractivity (Wildman–Crippen MR) is 95.2 cm³/mol. The van der Waals surface area contributed by atoms with E-state index in [2.05, 4.69) is 12.2 Å². The summed E-state index contributed by atoms with van der Waals surface area (Å²) >= 11 is 0. The van der Waals surface area contributed by atoms with Crippen molar-refractivity contribution in [2.45, 2.75) is 46.6 Å². The van der Waals surface area contributed by atoms with Crippen molar-refractivity contribution in [3.05, 3.63) is 58.7 Å². The lowest BCUT2D eigenvalue weighted by molar-refractivity contribution is -0.115. The van der Waals surface area contributed by atoms with Gasteiger partial charge in [0.2, 0.25) is 5.91 Å². The van der Waals surface area contributed by atoms with Crippen LogP contribution in [0, 0.1) is 6.92 Å². The lowest BCUT2D eigenvalue weighted by Crippen LogP contribution is -2.13. The van der Waals surface area contributed by atoms with E-state index in [1.165, 1.54) is 17.7 Å². The molecule has 0 aliphatic carbocycles. The first-order valence-electron chi connectivity index (χ1n) is 8.38. The Labute approximate surface area is 147 Å². The summed E-state index contributed by atoms with van der Waals surface area (Å²) in [6.45, 7) is 5.66. The van der Waals surface area contributed by atoms with Gasteiger partial charge < -0.3 is 10.1 Å². The maximum Gasteiger partial charge on any atom is 0.264 e. The van der Waals surface area contributed by atoms with E-state index in [9.17, 15) is 13.6 Å². The van der Waals surface area contributed by atoms with E-state index in [-0.39, 0.29) is 24.5 Å². The van der Waals surface area contributed by atoms with Crippen LogP contribution in [0.25, 0.3) is 0 Å². The molecule has 0 bridgehead atoms. The highest BCUT2D eigenvalue weighted by molar-refractivity contribution is 5.91. The second-order valence-electron chi connectivity index (χ2n) is 5.82. The van der Waals surface area contributed by atoms with E-state index in [0.717, 1.165) is 12.0 Å². The van der Waals surface area contributed by atoms with Crippen molar-refractivity contribution in [1.29, 1.82) is 0 Å². The van der Waals surface area contributed by atoms with Crippen LogP contribution in [0.3, 0.4) is 0 Å². The lowest BCUT2D eigenvalue weighted by Gasteiger charge is -2.17. The first-order chi connectivity index (χ1) is 12.0. The molecule has 0 aromatic heterocycles. The van der Waals surface area contributed by atoms with Crippen LogP contribution in [0.2, 0.25) is 0 Å². The van der Waals surface area contributed by atoms with E-state index < -0.39 is 6.43 Å². The Morgan fingerprint density at radius 3 is 2.56 bits per heavy atom. The quantitative estimate of drug-likeness (QED) is 0.726. The van der Waals surface area contributed by atoms with E-state index in [1.807, 2.05) is 25.1 Å². The van der Waals surface area contributed by atoms with Crippen LogP contribution in [0.1, 0.15) is 48.9 Å². The Bertz CT molecular complexity index is 744. The van der Waals surface area contributed by atoms with Gasteiger partial charge in [0.25, 0.3) is 6.43 Å². The Hall–Kier alpha value is -2.43. The molecule has 0 radical (unpaired) electrons. The first-order valence-corrected chi connectivity index (χ1v) is 8.38. The van der Waals surface area contributed by atoms with Gasteiger partial charge in [0.1, 0.15) is 12.4 Å². The number of ether oxygens (including phenoxy) is 1. The van der Waals surface area contributed by atoms with Crippen LogP contribution in [0.15, 0.2) is 36.4 Å². The molecule has 0 spiro atoms. The molecule has 0 saturated heterocycles. The van der Waals surface area contributed by atoms with Crippen molar-refractivity contribution in [3.8, 4) is 5.75 Å². The average Bonchev–Trinajstić information content (AvgIpc) is 2.60. The summed E-state index contributed by atoms with van der Waals surface area (Å²) in [7, 11) is 0. The molecule has 134 valence electrons. The molecule has 1 amide bonds. The molecule has 2 aromatic rings. The molecular formula is C20H23F2NO2. The zero-order chi connectivity index (χ0) is 18.4. The summed E-state index contributed by atoms with van der Waals surface area (Å²) in [6, 6.07) is 10.3. The summed E-state index contributed by atoms with van der Waals surface area (Å²) in [5.41, 5.74) is 2.68. The van der Waals surface area contributed by atoms with Crippen molar-refractivity contribution in [3.63, 3.8) is 0 Å². The number of halogens is 2. The second kappa shape index (κ2) is 8.60. The minimum atomic E-state index is -2.64. The molecule has 0 aliphatic heterocycles. The molecule has 0 fully saturated rings. The maximum absolute atomic E-state index is 13.4. The standard InChI is InChI=1S/C20H23F2NO2/c1-4-14-9-10-18(13(3)11-14)25-12-16-15(20(21)22)7-6-8-17(16)23-19(24)5-2/h6-11,20H,4-5,12H2,1-3H3,(H,23,24). The van der Waals surface area contributed by atoms with Crippen LogP contribution in [0.5, 0.6) is 5.75 Å². The van der Waals surface area contributed by atoms with Crippen LogP contribution in [-0.2, 0) is 17.8 Å². The van der Waals surface area contributed by atoms with Crippen LogP contribution in [0.4, 0.5) is 14.5 Å². The Morgan fingerprint density at radius 2 is 1.96 bits per heavy atom. The molecule has 0 unspecified atom stereocenters. The molecule has 0 heterocycles. The number of amides is 1. The summed E-state index contributed by atoms with van der Waals surface area (Å²) in [5, 5.41) is 2.67. The van der Waals surface area contributed by atoms with Gasteiger partial charge in [0, 0.05) is 23.2 Å². The van der Waals surface area contributed by atoms with Gasteiger partial charge in [-0.15, -0.1) is 0 Å². The number of hydrogen-bond donors (Lipinski definition) is 1. The first kappa shape index (κ1) is 18.9. The van der Waals surface area contributed by atoms with Gasteiger partial charge in [-0.25, -0.2) is 8.78 Å². The molecule has 2 rings (SSSR count). The smallest absolute Gasteiger partial charge is 0.264 e. The number of anilines is 1. The Balaban J connectivity index is 2.29. The number of alkyl halides is 2. The summed E-state index contributed by atoms with van der Waals surface area (Å²) in [6.07, 6.45) is -1.44. The van der Waals surface area contributed by atoms with Crippen LogP contribution >= 0.6 is 0 Å². The van der Waals surface area contributed by atoms with Gasteiger partial charge in [0.05, 0.1) is 0 Å². The topological polar surface area (TPSA) is 38.3 Å². The average molecular weight is 347 g/mol. The van der Waals surface area contributed by atoms with Gasteiger partial charge >= 0.3 is 0 Å². The Morgan fingerprint density at radius 1 is 1.20 bits per heavy atom. The van der Waals surface area contributed by atoms with Crippen molar-refractivity contribution >= 4 is 11.6 Å². The third kappa shape index (κ3) is 4.78. The normalized spacial score (nSPS) is 10.8. The molecule has 0 atom stereocenters. The number of rotatable bonds is 7. The van der Waals surface area contributed by atoms with Gasteiger partial charge in [-0.3, -0.25) is 4.79 Å². The molecule has 0 aliphatic rings. The SMILES string of the molecule is CCC(=O)Nc1cccc(C(F)F)c1COc1ccc(CC)cc1C. The number of nitrogens with one attached hydrogen (secondary N) is 1. The maximum atomic E-state index is 13.4. The van der Waals surface area contributed by atoms with Crippen LogP contribution < -0.4 is 10.1 Å². The second-order valence-corrected chi connectivity index (χ2v) is 5.82. The molecule has 1 N–H and O–H groups in total. The van der Waals surface area contributed by atoms with Gasteiger partial charge in [-0.2, -0.15) is 0 Å². The number of aryl methyl sites for hydroxylation is 2. The van der Waals surface area contributed by atoms with E-state index in [1.54, 1.807) is 13.0 Å². The molecule has 5 heteroatoms. The summed E-state index contributed by atoms with van der Waals surface area (Å²) in [5.74, 6) is 0.421. The van der Waals surface area contributed by atoms with E-state index in [0.29, 0.717) is 17.0 Å². The molecule has 2 aromatic carbocycles. The van der Waals surface area contributed by atoms with Crippen molar-refractivity contribution in [2.75, 3.05) is 5.32 Å². The fourth-order valence-electron chi connectivity index (χ4n) is 2.57. The highest BCUT2D eigenvalue weighted by Crippen LogP contribution is 2.30. The minimum absolute atomic E-state index is 0.0356. The zero-order valence-corrected chi connectivity index (χ0v) is 14.7. The van der Waals surface area contributed by atoms with Gasteiger partial charge in [-0.05, 0) is 36.6 Å². The molecule has 25 heavy (non-hydrogen) atoms. The minimum Gasteiger partial charge on any atom is -0.489 e. The largest absolute Gasteiger partial charge is 0.489 e. The molecular weight excluding hydrogens is 324 g/mol. The third-order valence-electron chi connectivity index (χ3n) is 4.06. The highest BCUT2D eigenvalue weighted by Gasteiger charge is 2.18. The van der Waals surface area contributed by atoms with Crippen molar-refractivity contribution < 1.29 is 18.3 Å². The van der Waals surface area contributed by atoms with Gasteiger partial charge in [0.15, 0.2) is 0 Å². The Kier molecular flexibility index (Phi) is 6.51. The lowest BCUT2D eigenvalue weighted by atomic mass is 10.1. The summed E-state index contributed by atoms with van der Waals surface area (Å²) in [4.78, 5) is 11.7. The monoisotopic (exact) mass is 347 g/mol. The number of benzene rings is 2. The third-order valence-corrected chi connectivity index (χ3v) is 4.06. The number of hydrogen-bond acceptors (Lipinski definition) is 2. The van der Waals surface area contributed by atoms with Crippen molar-refractivity contribution in [2.24, 2.45) is 0 Å². The number of carbonyl (C=O) groups is 1.